The van der Waals surface area contributed by atoms with E-state index in [2.05, 4.69) is 16.1 Å². The number of nitrogens with one attached hydrogen (secondary N) is 2. The highest BCUT2D eigenvalue weighted by Gasteiger charge is 2.20. The van der Waals surface area contributed by atoms with Crippen molar-refractivity contribution in [3.05, 3.63) is 76.8 Å². The first-order chi connectivity index (χ1) is 14.8. The van der Waals surface area contributed by atoms with Gasteiger partial charge in [-0.3, -0.25) is 4.72 Å². The minimum absolute atomic E-state index is 0.228. The van der Waals surface area contributed by atoms with Crippen molar-refractivity contribution in [1.29, 1.82) is 0 Å². The molecule has 0 aromatic heterocycles. The van der Waals surface area contributed by atoms with Gasteiger partial charge in [0, 0.05) is 19.1 Å². The quantitative estimate of drug-likeness (QED) is 0.592. The predicted octanol–water partition coefficient (Wildman–Crippen LogP) is 4.56. The molecular formula is C24H26ClN3O2S. The van der Waals surface area contributed by atoms with Crippen molar-refractivity contribution in [1.82, 2.24) is 5.32 Å². The van der Waals surface area contributed by atoms with Crippen molar-refractivity contribution in [2.75, 3.05) is 36.8 Å². The Labute approximate surface area is 189 Å². The van der Waals surface area contributed by atoms with Gasteiger partial charge in [-0.05, 0) is 84.6 Å². The zero-order valence-electron chi connectivity index (χ0n) is 17.7. The highest BCUT2D eigenvalue weighted by atomic mass is 35.5. The lowest BCUT2D eigenvalue weighted by Crippen LogP contribution is -2.18. The minimum atomic E-state index is -3.72. The van der Waals surface area contributed by atoms with Crippen LogP contribution in [0, 0.1) is 0 Å². The molecule has 0 amide bonds. The van der Waals surface area contributed by atoms with Crippen LogP contribution in [-0.2, 0) is 22.9 Å². The summed E-state index contributed by atoms with van der Waals surface area (Å²) >= 11 is 5.95. The molecular weight excluding hydrogens is 430 g/mol. The number of anilines is 2. The van der Waals surface area contributed by atoms with Crippen LogP contribution in [0.1, 0.15) is 11.1 Å². The number of hydrogen-bond donors (Lipinski definition) is 2. The van der Waals surface area contributed by atoms with Gasteiger partial charge in [0.15, 0.2) is 0 Å². The summed E-state index contributed by atoms with van der Waals surface area (Å²) in [7, 11) is 0.128. The van der Waals surface area contributed by atoms with Gasteiger partial charge in [-0.2, -0.15) is 0 Å². The maximum Gasteiger partial charge on any atom is 0.261 e. The lowest BCUT2D eigenvalue weighted by molar-refractivity contribution is 0.601. The highest BCUT2D eigenvalue weighted by molar-refractivity contribution is 7.92. The highest BCUT2D eigenvalue weighted by Crippen LogP contribution is 2.32. The minimum Gasteiger partial charge on any atom is -0.376 e. The van der Waals surface area contributed by atoms with E-state index in [-0.39, 0.29) is 4.90 Å². The van der Waals surface area contributed by atoms with E-state index in [0.717, 1.165) is 42.7 Å². The van der Waals surface area contributed by atoms with Crippen molar-refractivity contribution in [3.63, 3.8) is 0 Å². The third-order valence-corrected chi connectivity index (χ3v) is 7.16. The van der Waals surface area contributed by atoms with Crippen LogP contribution in [0.25, 0.3) is 11.1 Å². The van der Waals surface area contributed by atoms with Gasteiger partial charge < -0.3 is 10.2 Å². The third kappa shape index (κ3) is 4.87. The molecule has 0 saturated carbocycles. The number of rotatable bonds is 5. The van der Waals surface area contributed by atoms with E-state index < -0.39 is 10.0 Å². The van der Waals surface area contributed by atoms with Crippen LogP contribution in [0.15, 0.2) is 65.6 Å². The largest absolute Gasteiger partial charge is 0.376 e. The molecule has 3 aromatic carbocycles. The Morgan fingerprint density at radius 2 is 1.42 bits per heavy atom. The predicted molar refractivity (Wildman–Crippen MR) is 129 cm³/mol. The van der Waals surface area contributed by atoms with E-state index in [4.69, 9.17) is 11.6 Å². The summed E-state index contributed by atoms with van der Waals surface area (Å²) in [6.07, 6.45) is 1.82. The molecule has 0 atom stereocenters. The lowest BCUT2D eigenvalue weighted by atomic mass is 10.0. The number of benzene rings is 3. The van der Waals surface area contributed by atoms with Gasteiger partial charge in [0.25, 0.3) is 10.0 Å². The van der Waals surface area contributed by atoms with Gasteiger partial charge in [0.05, 0.1) is 16.3 Å². The molecule has 0 aliphatic carbocycles. The van der Waals surface area contributed by atoms with Crippen molar-refractivity contribution < 1.29 is 8.42 Å². The molecule has 7 heteroatoms. The van der Waals surface area contributed by atoms with Crippen molar-refractivity contribution in [2.45, 2.75) is 17.7 Å². The van der Waals surface area contributed by atoms with Gasteiger partial charge in [-0.15, -0.1) is 0 Å². The fraction of sp³-hybridized carbons (Fsp3) is 0.250. The van der Waals surface area contributed by atoms with Gasteiger partial charge >= 0.3 is 0 Å². The zero-order valence-corrected chi connectivity index (χ0v) is 19.2. The maximum atomic E-state index is 13.1. The molecule has 5 nitrogen and oxygen atoms in total. The van der Waals surface area contributed by atoms with Crippen LogP contribution in [0.2, 0.25) is 5.02 Å². The van der Waals surface area contributed by atoms with Crippen LogP contribution < -0.4 is 14.9 Å². The molecule has 1 heterocycles. The Morgan fingerprint density at radius 3 is 2.00 bits per heavy atom. The molecule has 0 saturated heterocycles. The Kier molecular flexibility index (Phi) is 6.23. The normalized spacial score (nSPS) is 13.9. The van der Waals surface area contributed by atoms with Gasteiger partial charge in [0.1, 0.15) is 0 Å². The number of fused-ring (bicyclic) bond motifs is 1. The second-order valence-electron chi connectivity index (χ2n) is 7.92. The molecule has 0 radical (unpaired) electrons. The monoisotopic (exact) mass is 455 g/mol. The Bertz CT molecular complexity index is 1170. The molecule has 4 rings (SSSR count). The van der Waals surface area contributed by atoms with E-state index >= 15 is 0 Å². The smallest absolute Gasteiger partial charge is 0.261 e. The first-order valence-electron chi connectivity index (χ1n) is 10.3. The summed E-state index contributed by atoms with van der Waals surface area (Å²) < 4.78 is 29.1. The standard InChI is InChI=1S/C24H26ClN3O2S/c1-28(2)24-16-20-12-14-26-13-11-19(20)15-23(24)27-31(29,30)22-9-5-18(6-10-22)17-3-7-21(25)8-4-17/h3-10,15-16,26-27H,11-14H2,1-2H3. The molecule has 3 aromatic rings. The second-order valence-corrected chi connectivity index (χ2v) is 10.0. The summed E-state index contributed by atoms with van der Waals surface area (Å²) in [6, 6.07) is 18.4. The van der Waals surface area contributed by atoms with Crippen LogP contribution in [0.4, 0.5) is 11.4 Å². The first-order valence-corrected chi connectivity index (χ1v) is 12.1. The van der Waals surface area contributed by atoms with Gasteiger partial charge in [-0.25, -0.2) is 8.42 Å². The number of hydrogen-bond acceptors (Lipinski definition) is 4. The van der Waals surface area contributed by atoms with Crippen LogP contribution in [0.3, 0.4) is 0 Å². The molecule has 1 aliphatic rings. The molecule has 0 bridgehead atoms. The molecule has 162 valence electrons. The SMILES string of the molecule is CN(C)c1cc2c(cc1NS(=O)(=O)c1ccc(-c3ccc(Cl)cc3)cc1)CCNCC2. The lowest BCUT2D eigenvalue weighted by Gasteiger charge is -2.21. The van der Waals surface area contributed by atoms with E-state index in [9.17, 15) is 8.42 Å². The summed E-state index contributed by atoms with van der Waals surface area (Å²) in [4.78, 5) is 2.17. The van der Waals surface area contributed by atoms with E-state index in [1.165, 1.54) is 11.1 Å². The van der Waals surface area contributed by atoms with Crippen LogP contribution in [-0.4, -0.2) is 35.6 Å². The van der Waals surface area contributed by atoms with E-state index in [1.54, 1.807) is 12.1 Å². The summed E-state index contributed by atoms with van der Waals surface area (Å²) in [5, 5.41) is 4.07. The number of halogens is 1. The number of nitrogens with zero attached hydrogens (tertiary/aromatic N) is 1. The third-order valence-electron chi connectivity index (χ3n) is 5.53. The average molecular weight is 456 g/mol. The molecule has 0 unspecified atom stereocenters. The number of sulfonamides is 1. The van der Waals surface area contributed by atoms with Gasteiger partial charge in [-0.1, -0.05) is 35.9 Å². The fourth-order valence-electron chi connectivity index (χ4n) is 3.84. The fourth-order valence-corrected chi connectivity index (χ4v) is 5.03. The van der Waals surface area contributed by atoms with E-state index in [1.807, 2.05) is 61.5 Å². The summed E-state index contributed by atoms with van der Waals surface area (Å²) in [5.41, 5.74) is 5.84. The first kappa shape index (κ1) is 21.7. The Balaban J connectivity index is 1.64. The van der Waals surface area contributed by atoms with Crippen molar-refractivity contribution in [2.24, 2.45) is 0 Å². The average Bonchev–Trinajstić information content (AvgIpc) is 2.98. The molecule has 31 heavy (non-hydrogen) atoms. The molecule has 0 spiro atoms. The zero-order chi connectivity index (χ0) is 22.0. The molecule has 1 aliphatic heterocycles. The molecule has 2 N–H and O–H groups in total. The van der Waals surface area contributed by atoms with Crippen molar-refractivity contribution >= 4 is 33.0 Å². The maximum absolute atomic E-state index is 13.1. The molecule has 0 fully saturated rings. The van der Waals surface area contributed by atoms with E-state index in [0.29, 0.717) is 10.7 Å². The van der Waals surface area contributed by atoms with Crippen molar-refractivity contribution in [3.8, 4) is 11.1 Å². The van der Waals surface area contributed by atoms with Crippen LogP contribution in [0.5, 0.6) is 0 Å². The van der Waals surface area contributed by atoms with Crippen LogP contribution >= 0.6 is 11.6 Å². The Hall–Kier alpha value is -2.54. The summed E-state index contributed by atoms with van der Waals surface area (Å²) in [6.45, 7) is 1.83. The second kappa shape index (κ2) is 8.91. The van der Waals surface area contributed by atoms with Gasteiger partial charge in [0.2, 0.25) is 0 Å². The Morgan fingerprint density at radius 1 is 0.871 bits per heavy atom. The summed E-state index contributed by atoms with van der Waals surface area (Å²) in [5.74, 6) is 0. The topological polar surface area (TPSA) is 61.4 Å².